The quantitative estimate of drug-likeness (QED) is 0.566. The highest BCUT2D eigenvalue weighted by molar-refractivity contribution is 7.92. The molecule has 1 fully saturated rings. The summed E-state index contributed by atoms with van der Waals surface area (Å²) in [4.78, 5) is 31.0. The van der Waals surface area contributed by atoms with E-state index in [1.165, 1.54) is 30.5 Å². The SMILES string of the molecule is Cc1ccc(NS(=O)(=O)c2ccc(C(=O)N3CCC(NC(=O)c4cccnc4)CC3)cc2)cc1. The van der Waals surface area contributed by atoms with Crippen LogP contribution in [0.3, 0.4) is 0 Å². The zero-order valence-electron chi connectivity index (χ0n) is 18.8. The number of pyridine rings is 1. The van der Waals surface area contributed by atoms with Gasteiger partial charge in [0.05, 0.1) is 10.5 Å². The van der Waals surface area contributed by atoms with Gasteiger partial charge >= 0.3 is 0 Å². The van der Waals surface area contributed by atoms with Crippen molar-refractivity contribution in [1.82, 2.24) is 15.2 Å². The molecular weight excluding hydrogens is 452 g/mol. The Hall–Kier alpha value is -3.72. The summed E-state index contributed by atoms with van der Waals surface area (Å²) >= 11 is 0. The van der Waals surface area contributed by atoms with Gasteiger partial charge in [-0.25, -0.2) is 8.42 Å². The van der Waals surface area contributed by atoms with Gasteiger partial charge in [-0.2, -0.15) is 0 Å². The number of sulfonamides is 1. The minimum atomic E-state index is -3.75. The van der Waals surface area contributed by atoms with E-state index in [4.69, 9.17) is 0 Å². The summed E-state index contributed by atoms with van der Waals surface area (Å²) in [5.74, 6) is -0.332. The minimum absolute atomic E-state index is 0.0166. The largest absolute Gasteiger partial charge is 0.349 e. The maximum atomic E-state index is 12.9. The number of likely N-dealkylation sites (tertiary alicyclic amines) is 1. The van der Waals surface area contributed by atoms with Gasteiger partial charge in [-0.05, 0) is 68.3 Å². The molecule has 3 aromatic rings. The molecule has 0 atom stereocenters. The van der Waals surface area contributed by atoms with E-state index in [1.807, 2.05) is 19.1 Å². The summed E-state index contributed by atoms with van der Waals surface area (Å²) in [5, 5.41) is 2.99. The Morgan fingerprint density at radius 2 is 1.62 bits per heavy atom. The standard InChI is InChI=1S/C25H26N4O4S/c1-18-4-8-22(9-5-18)28-34(32,33)23-10-6-19(7-11-23)25(31)29-15-12-21(13-16-29)27-24(30)20-3-2-14-26-17-20/h2-11,14,17,21,28H,12-13,15-16H2,1H3,(H,27,30). The summed E-state index contributed by atoms with van der Waals surface area (Å²) in [6.45, 7) is 2.94. The molecule has 1 saturated heterocycles. The van der Waals surface area contributed by atoms with Crippen molar-refractivity contribution in [3.8, 4) is 0 Å². The molecule has 34 heavy (non-hydrogen) atoms. The second kappa shape index (κ2) is 10.0. The molecule has 4 rings (SSSR count). The summed E-state index contributed by atoms with van der Waals surface area (Å²) in [6, 6.07) is 16.4. The molecule has 2 N–H and O–H groups in total. The average Bonchev–Trinajstić information content (AvgIpc) is 2.86. The van der Waals surface area contributed by atoms with Gasteiger partial charge in [0.2, 0.25) is 0 Å². The fourth-order valence-electron chi connectivity index (χ4n) is 3.79. The molecule has 2 amide bonds. The molecular formula is C25H26N4O4S. The van der Waals surface area contributed by atoms with Crippen molar-refractivity contribution in [3.05, 3.63) is 89.7 Å². The highest BCUT2D eigenvalue weighted by atomic mass is 32.2. The first-order valence-electron chi connectivity index (χ1n) is 11.0. The minimum Gasteiger partial charge on any atom is -0.349 e. The molecule has 0 bridgehead atoms. The van der Waals surface area contributed by atoms with E-state index in [2.05, 4.69) is 15.0 Å². The van der Waals surface area contributed by atoms with E-state index < -0.39 is 10.0 Å². The summed E-state index contributed by atoms with van der Waals surface area (Å²) in [5.41, 5.74) is 2.44. The number of carbonyl (C=O) groups excluding carboxylic acids is 2. The molecule has 1 aromatic heterocycles. The average molecular weight is 479 g/mol. The highest BCUT2D eigenvalue weighted by Gasteiger charge is 2.25. The fourth-order valence-corrected chi connectivity index (χ4v) is 4.85. The van der Waals surface area contributed by atoms with Crippen LogP contribution in [0.15, 0.2) is 78.0 Å². The Bertz CT molecular complexity index is 1250. The van der Waals surface area contributed by atoms with Gasteiger partial charge in [-0.3, -0.25) is 19.3 Å². The molecule has 176 valence electrons. The third-order valence-corrected chi connectivity index (χ3v) is 7.15. The Morgan fingerprint density at radius 3 is 2.24 bits per heavy atom. The van der Waals surface area contributed by atoms with E-state index in [0.717, 1.165) is 5.56 Å². The van der Waals surface area contributed by atoms with Crippen LogP contribution in [0.25, 0.3) is 0 Å². The van der Waals surface area contributed by atoms with Gasteiger partial charge in [0, 0.05) is 42.8 Å². The second-order valence-corrected chi connectivity index (χ2v) is 9.96. The lowest BCUT2D eigenvalue weighted by Crippen LogP contribution is -2.46. The first kappa shape index (κ1) is 23.4. The van der Waals surface area contributed by atoms with E-state index in [1.54, 1.807) is 35.4 Å². The van der Waals surface area contributed by atoms with Crippen molar-refractivity contribution in [2.45, 2.75) is 30.7 Å². The number of aryl methyl sites for hydroxylation is 1. The first-order valence-corrected chi connectivity index (χ1v) is 12.5. The van der Waals surface area contributed by atoms with Crippen LogP contribution in [0.2, 0.25) is 0 Å². The molecule has 0 saturated carbocycles. The van der Waals surface area contributed by atoms with Gasteiger partial charge in [0.15, 0.2) is 0 Å². The highest BCUT2D eigenvalue weighted by Crippen LogP contribution is 2.19. The van der Waals surface area contributed by atoms with Gasteiger partial charge in [-0.1, -0.05) is 17.7 Å². The van der Waals surface area contributed by atoms with Crippen LogP contribution in [0.5, 0.6) is 0 Å². The first-order chi connectivity index (χ1) is 16.3. The number of hydrogen-bond donors (Lipinski definition) is 2. The molecule has 2 aromatic carbocycles. The normalized spacial score (nSPS) is 14.4. The Balaban J connectivity index is 1.33. The number of nitrogens with one attached hydrogen (secondary N) is 2. The maximum Gasteiger partial charge on any atom is 0.261 e. The lowest BCUT2D eigenvalue weighted by atomic mass is 10.0. The van der Waals surface area contributed by atoms with Crippen molar-refractivity contribution in [2.24, 2.45) is 0 Å². The van der Waals surface area contributed by atoms with Crippen molar-refractivity contribution in [2.75, 3.05) is 17.8 Å². The van der Waals surface area contributed by atoms with Crippen molar-refractivity contribution < 1.29 is 18.0 Å². The van der Waals surface area contributed by atoms with Crippen molar-refractivity contribution in [3.63, 3.8) is 0 Å². The van der Waals surface area contributed by atoms with Gasteiger partial charge in [-0.15, -0.1) is 0 Å². The molecule has 0 radical (unpaired) electrons. The topological polar surface area (TPSA) is 108 Å². The molecule has 9 heteroatoms. The van der Waals surface area contributed by atoms with Gasteiger partial charge in [0.1, 0.15) is 0 Å². The van der Waals surface area contributed by atoms with Crippen LogP contribution in [0.1, 0.15) is 39.1 Å². The van der Waals surface area contributed by atoms with E-state index in [0.29, 0.717) is 42.7 Å². The lowest BCUT2D eigenvalue weighted by Gasteiger charge is -2.32. The number of hydrogen-bond acceptors (Lipinski definition) is 5. The molecule has 1 aliphatic heterocycles. The number of aromatic nitrogens is 1. The maximum absolute atomic E-state index is 12.9. The molecule has 1 aliphatic rings. The van der Waals surface area contributed by atoms with Crippen LogP contribution in [-0.4, -0.2) is 49.2 Å². The number of nitrogens with zero attached hydrogens (tertiary/aromatic N) is 2. The van der Waals surface area contributed by atoms with Crippen molar-refractivity contribution in [1.29, 1.82) is 0 Å². The zero-order valence-corrected chi connectivity index (χ0v) is 19.6. The molecule has 2 heterocycles. The second-order valence-electron chi connectivity index (χ2n) is 8.28. The third-order valence-electron chi connectivity index (χ3n) is 5.76. The zero-order chi connectivity index (χ0) is 24.1. The van der Waals surface area contributed by atoms with E-state index in [9.17, 15) is 18.0 Å². The monoisotopic (exact) mass is 478 g/mol. The van der Waals surface area contributed by atoms with Crippen LogP contribution >= 0.6 is 0 Å². The van der Waals surface area contributed by atoms with E-state index in [-0.39, 0.29) is 22.8 Å². The Morgan fingerprint density at radius 1 is 0.941 bits per heavy atom. The van der Waals surface area contributed by atoms with Crippen molar-refractivity contribution >= 4 is 27.5 Å². The van der Waals surface area contributed by atoms with E-state index >= 15 is 0 Å². The fraction of sp³-hybridized carbons (Fsp3) is 0.240. The lowest BCUT2D eigenvalue weighted by molar-refractivity contribution is 0.0698. The number of carbonyl (C=O) groups is 2. The predicted octanol–water partition coefficient (Wildman–Crippen LogP) is 3.23. The van der Waals surface area contributed by atoms with Crippen LogP contribution in [0.4, 0.5) is 5.69 Å². The Labute approximate surface area is 199 Å². The number of rotatable bonds is 6. The molecule has 0 aliphatic carbocycles. The number of anilines is 1. The predicted molar refractivity (Wildman–Crippen MR) is 129 cm³/mol. The number of amides is 2. The molecule has 0 spiro atoms. The van der Waals surface area contributed by atoms with Gasteiger partial charge < -0.3 is 10.2 Å². The molecule has 0 unspecified atom stereocenters. The number of piperidine rings is 1. The Kier molecular flexibility index (Phi) is 6.93. The summed E-state index contributed by atoms with van der Waals surface area (Å²) in [6.07, 6.45) is 4.42. The van der Waals surface area contributed by atoms with Crippen LogP contribution < -0.4 is 10.0 Å². The summed E-state index contributed by atoms with van der Waals surface area (Å²) in [7, 11) is -3.75. The smallest absolute Gasteiger partial charge is 0.261 e. The summed E-state index contributed by atoms with van der Waals surface area (Å²) < 4.78 is 27.8. The molecule has 8 nitrogen and oxygen atoms in total. The number of benzene rings is 2. The van der Waals surface area contributed by atoms with Gasteiger partial charge in [0.25, 0.3) is 21.8 Å². The van der Waals surface area contributed by atoms with Crippen LogP contribution in [-0.2, 0) is 10.0 Å². The third kappa shape index (κ3) is 5.60. The van der Waals surface area contributed by atoms with Crippen LogP contribution in [0, 0.1) is 6.92 Å².